The van der Waals surface area contributed by atoms with E-state index in [-0.39, 0.29) is 17.7 Å². The van der Waals surface area contributed by atoms with Crippen LogP contribution >= 0.6 is 11.3 Å². The van der Waals surface area contributed by atoms with Gasteiger partial charge in [0.2, 0.25) is 10.0 Å². The summed E-state index contributed by atoms with van der Waals surface area (Å²) in [5, 5.41) is 5.26. The first-order valence-electron chi connectivity index (χ1n) is 9.49. The molecule has 2 aromatic rings. The Bertz CT molecular complexity index is 903. The zero-order chi connectivity index (χ0) is 18.9. The van der Waals surface area contributed by atoms with E-state index in [1.165, 1.54) is 22.0 Å². The maximum atomic E-state index is 13.0. The lowest BCUT2D eigenvalue weighted by Crippen LogP contribution is -2.32. The molecule has 1 aromatic heterocycles. The Balaban J connectivity index is 1.56. The zero-order valence-corrected chi connectivity index (χ0v) is 16.8. The van der Waals surface area contributed by atoms with Gasteiger partial charge in [-0.05, 0) is 54.8 Å². The molecule has 1 saturated carbocycles. The van der Waals surface area contributed by atoms with E-state index < -0.39 is 10.0 Å². The normalized spacial score (nSPS) is 20.7. The van der Waals surface area contributed by atoms with Gasteiger partial charge in [0.25, 0.3) is 5.91 Å². The van der Waals surface area contributed by atoms with Gasteiger partial charge < -0.3 is 5.32 Å². The molecule has 7 heteroatoms. The Hall–Kier alpha value is -1.86. The van der Waals surface area contributed by atoms with Crippen LogP contribution < -0.4 is 9.62 Å². The Labute approximate surface area is 164 Å². The van der Waals surface area contributed by atoms with E-state index in [1.807, 2.05) is 11.4 Å². The average molecular weight is 405 g/mol. The number of anilines is 1. The molecule has 144 valence electrons. The molecule has 4 rings (SSSR count). The van der Waals surface area contributed by atoms with Crippen LogP contribution in [0.1, 0.15) is 53.4 Å². The summed E-state index contributed by atoms with van der Waals surface area (Å²) in [6, 6.07) is 11.1. The van der Waals surface area contributed by atoms with Crippen LogP contribution in [-0.2, 0) is 10.0 Å². The van der Waals surface area contributed by atoms with Crippen LogP contribution in [0.25, 0.3) is 0 Å². The molecule has 1 saturated heterocycles. The summed E-state index contributed by atoms with van der Waals surface area (Å²) >= 11 is 1.68. The maximum absolute atomic E-state index is 13.0. The fourth-order valence-electron chi connectivity index (χ4n) is 4.14. The van der Waals surface area contributed by atoms with Crippen LogP contribution in [0, 0.1) is 5.92 Å². The fraction of sp³-hybridized carbons (Fsp3) is 0.450. The van der Waals surface area contributed by atoms with Gasteiger partial charge in [0.05, 0.1) is 17.5 Å². The number of carbonyl (C=O) groups is 1. The second-order valence-electron chi connectivity index (χ2n) is 7.30. The van der Waals surface area contributed by atoms with Gasteiger partial charge in [-0.1, -0.05) is 25.0 Å². The Kier molecular flexibility index (Phi) is 5.23. The van der Waals surface area contributed by atoms with E-state index >= 15 is 0 Å². The van der Waals surface area contributed by atoms with Gasteiger partial charge in [0, 0.05) is 17.0 Å². The summed E-state index contributed by atoms with van der Waals surface area (Å²) in [6.07, 6.45) is 5.32. The molecule has 0 radical (unpaired) electrons. The van der Waals surface area contributed by atoms with Crippen LogP contribution in [-0.4, -0.2) is 26.6 Å². The predicted octanol–water partition coefficient (Wildman–Crippen LogP) is 3.95. The first-order valence-corrected chi connectivity index (χ1v) is 12.0. The number of nitrogens with one attached hydrogen (secondary N) is 1. The third kappa shape index (κ3) is 3.89. The quantitative estimate of drug-likeness (QED) is 0.821. The minimum Gasteiger partial charge on any atom is -0.344 e. The molecule has 1 amide bonds. The predicted molar refractivity (Wildman–Crippen MR) is 109 cm³/mol. The number of rotatable bonds is 5. The highest BCUT2D eigenvalue weighted by Crippen LogP contribution is 2.37. The van der Waals surface area contributed by atoms with Crippen molar-refractivity contribution < 1.29 is 13.2 Å². The van der Waals surface area contributed by atoms with Crippen LogP contribution in [0.4, 0.5) is 5.69 Å². The van der Waals surface area contributed by atoms with Crippen molar-refractivity contribution in [2.45, 2.75) is 38.1 Å². The van der Waals surface area contributed by atoms with Crippen molar-refractivity contribution in [2.24, 2.45) is 5.92 Å². The zero-order valence-electron chi connectivity index (χ0n) is 15.1. The Morgan fingerprint density at radius 3 is 2.63 bits per heavy atom. The summed E-state index contributed by atoms with van der Waals surface area (Å²) in [7, 11) is -3.25. The highest BCUT2D eigenvalue weighted by molar-refractivity contribution is 7.93. The highest BCUT2D eigenvalue weighted by atomic mass is 32.2. The molecule has 5 nitrogen and oxygen atoms in total. The fourth-order valence-corrected chi connectivity index (χ4v) is 6.56. The molecule has 2 heterocycles. The summed E-state index contributed by atoms with van der Waals surface area (Å²) in [5.74, 6) is 0.499. The molecule has 0 spiro atoms. The molecule has 0 bridgehead atoms. The largest absolute Gasteiger partial charge is 0.344 e. The number of hydrogen-bond donors (Lipinski definition) is 1. The van der Waals surface area contributed by atoms with Crippen LogP contribution in [0.3, 0.4) is 0 Å². The van der Waals surface area contributed by atoms with E-state index in [4.69, 9.17) is 0 Å². The van der Waals surface area contributed by atoms with Crippen molar-refractivity contribution in [1.29, 1.82) is 0 Å². The molecule has 2 fully saturated rings. The monoisotopic (exact) mass is 404 g/mol. The van der Waals surface area contributed by atoms with Crippen LogP contribution in [0.2, 0.25) is 0 Å². The second kappa shape index (κ2) is 7.64. The SMILES string of the molecule is O=C(NC(c1cccs1)C1CCCC1)c1cccc(N2CCCS2(=O)=O)c1. The third-order valence-electron chi connectivity index (χ3n) is 5.50. The van der Waals surface area contributed by atoms with Gasteiger partial charge in [-0.25, -0.2) is 8.42 Å². The lowest BCUT2D eigenvalue weighted by Gasteiger charge is -2.24. The van der Waals surface area contributed by atoms with Crippen LogP contribution in [0.5, 0.6) is 0 Å². The van der Waals surface area contributed by atoms with Crippen molar-refractivity contribution in [3.05, 3.63) is 52.2 Å². The smallest absolute Gasteiger partial charge is 0.251 e. The number of sulfonamides is 1. The number of benzene rings is 1. The van der Waals surface area contributed by atoms with Gasteiger partial charge in [0.1, 0.15) is 0 Å². The molecule has 2 aliphatic rings. The minimum absolute atomic E-state index is 0.0270. The summed E-state index contributed by atoms with van der Waals surface area (Å²) in [4.78, 5) is 14.1. The average Bonchev–Trinajstić information content (AvgIpc) is 3.41. The van der Waals surface area contributed by atoms with E-state index in [1.54, 1.807) is 35.6 Å². The molecule has 1 atom stereocenters. The lowest BCUT2D eigenvalue weighted by atomic mass is 9.96. The van der Waals surface area contributed by atoms with Crippen molar-refractivity contribution in [3.63, 3.8) is 0 Å². The summed E-state index contributed by atoms with van der Waals surface area (Å²) < 4.78 is 25.8. The van der Waals surface area contributed by atoms with Crippen molar-refractivity contribution in [2.75, 3.05) is 16.6 Å². The number of hydrogen-bond acceptors (Lipinski definition) is 4. The topological polar surface area (TPSA) is 66.5 Å². The lowest BCUT2D eigenvalue weighted by molar-refractivity contribution is 0.0923. The standard InChI is InChI=1S/C20H24N2O3S2/c23-20(21-19(15-6-1-2-7-15)18-10-4-12-26-18)16-8-3-9-17(14-16)22-11-5-13-27(22,24)25/h3-4,8-10,12,14-15,19H,1-2,5-7,11,13H2,(H,21,23). The van der Waals surface area contributed by atoms with Crippen LogP contribution in [0.15, 0.2) is 41.8 Å². The second-order valence-corrected chi connectivity index (χ2v) is 10.3. The van der Waals surface area contributed by atoms with Gasteiger partial charge in [0.15, 0.2) is 0 Å². The first-order chi connectivity index (χ1) is 13.0. The van der Waals surface area contributed by atoms with E-state index in [2.05, 4.69) is 11.4 Å². The molecule has 1 N–H and O–H groups in total. The van der Waals surface area contributed by atoms with Crippen molar-refractivity contribution >= 4 is 33.0 Å². The molecule has 1 aliphatic carbocycles. The first kappa shape index (κ1) is 18.5. The van der Waals surface area contributed by atoms with Gasteiger partial charge in [-0.15, -0.1) is 11.3 Å². The minimum atomic E-state index is -3.25. The van der Waals surface area contributed by atoms with Gasteiger partial charge >= 0.3 is 0 Å². The van der Waals surface area contributed by atoms with Crippen molar-refractivity contribution in [1.82, 2.24) is 5.32 Å². The number of nitrogens with zero attached hydrogens (tertiary/aromatic N) is 1. The van der Waals surface area contributed by atoms with E-state index in [9.17, 15) is 13.2 Å². The molecule has 1 unspecified atom stereocenters. The molecule has 1 aromatic carbocycles. The van der Waals surface area contributed by atoms with Gasteiger partial charge in [-0.2, -0.15) is 0 Å². The van der Waals surface area contributed by atoms with Crippen molar-refractivity contribution in [3.8, 4) is 0 Å². The Morgan fingerprint density at radius 1 is 1.15 bits per heavy atom. The Morgan fingerprint density at radius 2 is 1.96 bits per heavy atom. The highest BCUT2D eigenvalue weighted by Gasteiger charge is 2.30. The third-order valence-corrected chi connectivity index (χ3v) is 8.33. The maximum Gasteiger partial charge on any atom is 0.251 e. The van der Waals surface area contributed by atoms with E-state index in [0.29, 0.717) is 30.1 Å². The molecular weight excluding hydrogens is 380 g/mol. The number of thiophene rings is 1. The van der Waals surface area contributed by atoms with E-state index in [0.717, 1.165) is 12.8 Å². The molecule has 27 heavy (non-hydrogen) atoms. The number of amides is 1. The molecule has 1 aliphatic heterocycles. The summed E-state index contributed by atoms with van der Waals surface area (Å²) in [6.45, 7) is 0.479. The summed E-state index contributed by atoms with van der Waals surface area (Å²) in [5.41, 5.74) is 1.09. The van der Waals surface area contributed by atoms with Gasteiger partial charge in [-0.3, -0.25) is 9.10 Å². The number of carbonyl (C=O) groups excluding carboxylic acids is 1. The molecular formula is C20H24N2O3S2.